The van der Waals surface area contributed by atoms with Gasteiger partial charge in [-0.3, -0.25) is 4.57 Å². The standard InChI is InChI=1S/C10H14N6/c1-2-3-13-8-6-9(15-10(11)14-8)16-5-4-12-7-16/h4-7H,2-3H2,1H3,(H3,11,13,14,15). The van der Waals surface area contributed by atoms with Gasteiger partial charge in [0.25, 0.3) is 0 Å². The van der Waals surface area contributed by atoms with Crippen LogP contribution in [0.5, 0.6) is 0 Å². The van der Waals surface area contributed by atoms with Crippen molar-refractivity contribution in [1.29, 1.82) is 0 Å². The van der Waals surface area contributed by atoms with Crippen LogP contribution >= 0.6 is 0 Å². The summed E-state index contributed by atoms with van der Waals surface area (Å²) in [5, 5.41) is 3.17. The van der Waals surface area contributed by atoms with Gasteiger partial charge in [-0.25, -0.2) is 4.98 Å². The summed E-state index contributed by atoms with van der Waals surface area (Å²) in [6.45, 7) is 2.95. The van der Waals surface area contributed by atoms with Crippen LogP contribution in [0.25, 0.3) is 5.82 Å². The number of hydrogen-bond acceptors (Lipinski definition) is 5. The lowest BCUT2D eigenvalue weighted by molar-refractivity contribution is 0.947. The predicted octanol–water partition coefficient (Wildman–Crippen LogP) is 1.07. The molecule has 0 fully saturated rings. The Kier molecular flexibility index (Phi) is 3.00. The predicted molar refractivity (Wildman–Crippen MR) is 62.3 cm³/mol. The topological polar surface area (TPSA) is 81.7 Å². The fourth-order valence-electron chi connectivity index (χ4n) is 1.32. The van der Waals surface area contributed by atoms with Gasteiger partial charge >= 0.3 is 0 Å². The van der Waals surface area contributed by atoms with Gasteiger partial charge in [-0.05, 0) is 6.42 Å². The van der Waals surface area contributed by atoms with Crippen molar-refractivity contribution in [3.63, 3.8) is 0 Å². The van der Waals surface area contributed by atoms with Crippen molar-refractivity contribution in [2.24, 2.45) is 0 Å². The zero-order valence-electron chi connectivity index (χ0n) is 9.09. The van der Waals surface area contributed by atoms with Gasteiger partial charge in [0.1, 0.15) is 18.0 Å². The highest BCUT2D eigenvalue weighted by molar-refractivity contribution is 5.45. The number of nitrogens with two attached hydrogens (primary N) is 1. The minimum Gasteiger partial charge on any atom is -0.370 e. The van der Waals surface area contributed by atoms with Crippen LogP contribution in [0, 0.1) is 0 Å². The second kappa shape index (κ2) is 4.61. The molecule has 2 aromatic rings. The van der Waals surface area contributed by atoms with E-state index in [1.54, 1.807) is 17.1 Å². The molecule has 0 radical (unpaired) electrons. The van der Waals surface area contributed by atoms with Crippen molar-refractivity contribution in [3.05, 3.63) is 24.8 Å². The monoisotopic (exact) mass is 218 g/mol. The average molecular weight is 218 g/mol. The molecule has 0 amide bonds. The van der Waals surface area contributed by atoms with Gasteiger partial charge < -0.3 is 11.1 Å². The summed E-state index contributed by atoms with van der Waals surface area (Å²) >= 11 is 0. The molecule has 3 N–H and O–H groups in total. The summed E-state index contributed by atoms with van der Waals surface area (Å²) in [5.74, 6) is 1.70. The van der Waals surface area contributed by atoms with Gasteiger partial charge in [-0.1, -0.05) is 6.92 Å². The van der Waals surface area contributed by atoms with Crippen LogP contribution in [0.4, 0.5) is 11.8 Å². The maximum atomic E-state index is 5.64. The van der Waals surface area contributed by atoms with E-state index in [9.17, 15) is 0 Å². The molecule has 0 aliphatic rings. The average Bonchev–Trinajstić information content (AvgIpc) is 2.79. The van der Waals surface area contributed by atoms with Gasteiger partial charge in [0.05, 0.1) is 0 Å². The first-order chi connectivity index (χ1) is 7.79. The highest BCUT2D eigenvalue weighted by Gasteiger charge is 2.03. The first-order valence-electron chi connectivity index (χ1n) is 5.16. The fourth-order valence-corrected chi connectivity index (χ4v) is 1.32. The number of aromatic nitrogens is 4. The Morgan fingerprint density at radius 2 is 2.31 bits per heavy atom. The van der Waals surface area contributed by atoms with E-state index < -0.39 is 0 Å². The minimum atomic E-state index is 0.254. The van der Waals surface area contributed by atoms with E-state index >= 15 is 0 Å². The van der Waals surface area contributed by atoms with E-state index in [2.05, 4.69) is 27.2 Å². The Balaban J connectivity index is 2.29. The first kappa shape index (κ1) is 10.4. The maximum absolute atomic E-state index is 5.64. The summed E-state index contributed by atoms with van der Waals surface area (Å²) in [6, 6.07) is 1.84. The summed E-state index contributed by atoms with van der Waals surface area (Å²) in [6.07, 6.45) is 6.21. The molecule has 2 rings (SSSR count). The molecule has 0 aromatic carbocycles. The molecule has 0 saturated carbocycles. The van der Waals surface area contributed by atoms with E-state index in [-0.39, 0.29) is 5.95 Å². The molecule has 16 heavy (non-hydrogen) atoms. The number of rotatable bonds is 4. The molecular formula is C10H14N6. The van der Waals surface area contributed by atoms with Gasteiger partial charge in [0, 0.05) is 25.0 Å². The van der Waals surface area contributed by atoms with Crippen molar-refractivity contribution >= 4 is 11.8 Å². The molecule has 2 aromatic heterocycles. The molecule has 6 nitrogen and oxygen atoms in total. The van der Waals surface area contributed by atoms with E-state index in [0.717, 1.165) is 18.8 Å². The molecule has 84 valence electrons. The third-order valence-corrected chi connectivity index (χ3v) is 2.05. The normalized spacial score (nSPS) is 10.3. The SMILES string of the molecule is CCCNc1cc(-n2ccnc2)nc(N)n1. The Bertz CT molecular complexity index is 450. The van der Waals surface area contributed by atoms with Crippen molar-refractivity contribution in [3.8, 4) is 5.82 Å². The quantitative estimate of drug-likeness (QED) is 0.802. The second-order valence-corrected chi connectivity index (χ2v) is 3.37. The molecule has 2 heterocycles. The number of imidazole rings is 1. The molecule has 6 heteroatoms. The Labute approximate surface area is 93.6 Å². The Morgan fingerprint density at radius 1 is 1.44 bits per heavy atom. The molecule has 0 spiro atoms. The van der Waals surface area contributed by atoms with Crippen LogP contribution in [0.15, 0.2) is 24.8 Å². The van der Waals surface area contributed by atoms with Crippen LogP contribution < -0.4 is 11.1 Å². The third kappa shape index (κ3) is 2.28. The van der Waals surface area contributed by atoms with Crippen LogP contribution in [-0.2, 0) is 0 Å². The van der Waals surface area contributed by atoms with E-state index in [0.29, 0.717) is 5.82 Å². The largest absolute Gasteiger partial charge is 0.370 e. The summed E-state index contributed by atoms with van der Waals surface area (Å²) in [4.78, 5) is 12.2. The number of nitrogen functional groups attached to an aromatic ring is 1. The summed E-state index contributed by atoms with van der Waals surface area (Å²) < 4.78 is 1.79. The lowest BCUT2D eigenvalue weighted by Gasteiger charge is -2.07. The van der Waals surface area contributed by atoms with Gasteiger partial charge in [-0.2, -0.15) is 9.97 Å². The molecule has 0 aliphatic heterocycles. The maximum Gasteiger partial charge on any atom is 0.223 e. The highest BCUT2D eigenvalue weighted by Crippen LogP contribution is 2.11. The van der Waals surface area contributed by atoms with Crippen molar-refractivity contribution in [2.45, 2.75) is 13.3 Å². The molecule has 0 aliphatic carbocycles. The second-order valence-electron chi connectivity index (χ2n) is 3.37. The van der Waals surface area contributed by atoms with Gasteiger partial charge in [-0.15, -0.1) is 0 Å². The summed E-state index contributed by atoms with van der Waals surface area (Å²) in [5.41, 5.74) is 5.64. The molecule has 0 saturated heterocycles. The number of nitrogens with zero attached hydrogens (tertiary/aromatic N) is 4. The smallest absolute Gasteiger partial charge is 0.223 e. The van der Waals surface area contributed by atoms with E-state index in [1.807, 2.05) is 12.3 Å². The number of anilines is 2. The van der Waals surface area contributed by atoms with Crippen molar-refractivity contribution in [1.82, 2.24) is 19.5 Å². The highest BCUT2D eigenvalue weighted by atomic mass is 15.2. The Hall–Kier alpha value is -2.11. The third-order valence-electron chi connectivity index (χ3n) is 2.05. The van der Waals surface area contributed by atoms with E-state index in [1.165, 1.54) is 0 Å². The number of hydrogen-bond donors (Lipinski definition) is 2. The molecule has 0 unspecified atom stereocenters. The number of nitrogens with one attached hydrogen (secondary N) is 1. The van der Waals surface area contributed by atoms with Gasteiger partial charge in [0.15, 0.2) is 0 Å². The molecular weight excluding hydrogens is 204 g/mol. The fraction of sp³-hybridized carbons (Fsp3) is 0.300. The summed E-state index contributed by atoms with van der Waals surface area (Å²) in [7, 11) is 0. The van der Waals surface area contributed by atoms with Crippen molar-refractivity contribution in [2.75, 3.05) is 17.6 Å². The molecule has 0 bridgehead atoms. The van der Waals surface area contributed by atoms with Crippen LogP contribution in [0.1, 0.15) is 13.3 Å². The zero-order valence-corrected chi connectivity index (χ0v) is 9.09. The van der Waals surface area contributed by atoms with Crippen molar-refractivity contribution < 1.29 is 0 Å². The Morgan fingerprint density at radius 3 is 3.00 bits per heavy atom. The molecule has 0 atom stereocenters. The first-order valence-corrected chi connectivity index (χ1v) is 5.16. The lowest BCUT2D eigenvalue weighted by atomic mass is 10.4. The van der Waals surface area contributed by atoms with Crippen LogP contribution in [0.2, 0.25) is 0 Å². The zero-order chi connectivity index (χ0) is 11.4. The van der Waals surface area contributed by atoms with E-state index in [4.69, 9.17) is 5.73 Å². The van der Waals surface area contributed by atoms with Crippen LogP contribution in [0.3, 0.4) is 0 Å². The van der Waals surface area contributed by atoms with Crippen LogP contribution in [-0.4, -0.2) is 26.1 Å². The van der Waals surface area contributed by atoms with Gasteiger partial charge in [0.2, 0.25) is 5.95 Å². The lowest BCUT2D eigenvalue weighted by Crippen LogP contribution is -2.07. The minimum absolute atomic E-state index is 0.254.